The fourth-order valence-corrected chi connectivity index (χ4v) is 1.56. The summed E-state index contributed by atoms with van der Waals surface area (Å²) in [5.41, 5.74) is 0.401. The van der Waals surface area contributed by atoms with E-state index < -0.39 is 25.2 Å². The van der Waals surface area contributed by atoms with Gasteiger partial charge in [0.25, 0.3) is 0 Å². The minimum absolute atomic E-state index is 0.406. The third-order valence-corrected chi connectivity index (χ3v) is 3.30. The van der Waals surface area contributed by atoms with Gasteiger partial charge in [0.15, 0.2) is 0 Å². The number of hydrogen-bond acceptors (Lipinski definition) is 3. The molecule has 1 aromatic heterocycles. The minimum Gasteiger partial charge on any atom is -0.398 e. The van der Waals surface area contributed by atoms with E-state index in [9.17, 15) is 0 Å². The van der Waals surface area contributed by atoms with E-state index >= 15 is 0 Å². The van der Waals surface area contributed by atoms with Crippen LogP contribution in [0.5, 0.6) is 0 Å². The maximum absolute atomic E-state index is 7.40. The predicted molar refractivity (Wildman–Crippen MR) is 64.7 cm³/mol. The fourth-order valence-electron chi connectivity index (χ4n) is 1.56. The van der Waals surface area contributed by atoms with Crippen LogP contribution in [-0.2, 0) is 9.31 Å². The lowest BCUT2D eigenvalue weighted by Crippen LogP contribution is -2.41. The van der Waals surface area contributed by atoms with Crippen molar-refractivity contribution in [2.45, 2.75) is 45.8 Å². The molecule has 1 aromatic rings. The lowest BCUT2D eigenvalue weighted by Gasteiger charge is -2.32. The van der Waals surface area contributed by atoms with Gasteiger partial charge in [-0.3, -0.25) is 4.98 Å². The van der Waals surface area contributed by atoms with Crippen molar-refractivity contribution in [1.82, 2.24) is 4.98 Å². The van der Waals surface area contributed by atoms with Crippen LogP contribution < -0.4 is 5.59 Å². The molecule has 0 amide bonds. The smallest absolute Gasteiger partial charge is 0.398 e. The second-order valence-corrected chi connectivity index (χ2v) is 5.10. The summed E-state index contributed by atoms with van der Waals surface area (Å²) in [5.74, 6) is 0. The van der Waals surface area contributed by atoms with E-state index in [4.69, 9.17) is 12.1 Å². The largest absolute Gasteiger partial charge is 0.514 e. The highest BCUT2D eigenvalue weighted by molar-refractivity contribution is 6.61. The standard InChI is InChI=1S/C12H18BNO2/c1-9-6-7-14-10(8-9)13-15-11(2,3)12(4,5)16-13/h6-8H,1-5H3/i1D2. The zero-order valence-corrected chi connectivity index (χ0v) is 10.2. The molecule has 0 aromatic carbocycles. The van der Waals surface area contributed by atoms with Crippen molar-refractivity contribution in [2.75, 3.05) is 0 Å². The first-order valence-electron chi connectivity index (χ1n) is 6.54. The molecule has 0 radical (unpaired) electrons. The summed E-state index contributed by atoms with van der Waals surface area (Å²) in [6.45, 7) is 6.90. The van der Waals surface area contributed by atoms with Crippen molar-refractivity contribution in [1.29, 1.82) is 0 Å². The van der Waals surface area contributed by atoms with Crippen LogP contribution >= 0.6 is 0 Å². The van der Waals surface area contributed by atoms with Gasteiger partial charge in [-0.15, -0.1) is 0 Å². The Morgan fingerprint density at radius 1 is 1.25 bits per heavy atom. The van der Waals surface area contributed by atoms with Crippen LogP contribution in [0.2, 0.25) is 0 Å². The van der Waals surface area contributed by atoms with E-state index in [1.807, 2.05) is 27.7 Å². The Morgan fingerprint density at radius 3 is 2.44 bits per heavy atom. The molecule has 1 aliphatic heterocycles. The van der Waals surface area contributed by atoms with Crippen LogP contribution in [-0.4, -0.2) is 23.3 Å². The molecule has 0 spiro atoms. The molecule has 4 heteroatoms. The van der Waals surface area contributed by atoms with E-state index in [2.05, 4.69) is 4.98 Å². The van der Waals surface area contributed by atoms with Crippen molar-refractivity contribution in [3.8, 4) is 0 Å². The van der Waals surface area contributed by atoms with E-state index in [-0.39, 0.29) is 0 Å². The molecule has 16 heavy (non-hydrogen) atoms. The van der Waals surface area contributed by atoms with Crippen LogP contribution in [0.4, 0.5) is 0 Å². The normalized spacial score (nSPS) is 24.4. The minimum atomic E-state index is -1.02. The quantitative estimate of drug-likeness (QED) is 0.676. The summed E-state index contributed by atoms with van der Waals surface area (Å²) >= 11 is 0. The van der Waals surface area contributed by atoms with E-state index in [0.717, 1.165) is 0 Å². The molecular formula is C12H18BNO2. The molecule has 1 aliphatic rings. The van der Waals surface area contributed by atoms with Crippen molar-refractivity contribution in [3.63, 3.8) is 0 Å². The molecule has 0 N–H and O–H groups in total. The number of pyridine rings is 1. The van der Waals surface area contributed by atoms with Gasteiger partial charge in [0.2, 0.25) is 0 Å². The van der Waals surface area contributed by atoms with Crippen molar-refractivity contribution in [3.05, 3.63) is 23.9 Å². The van der Waals surface area contributed by atoms with E-state index in [1.54, 1.807) is 18.3 Å². The zero-order chi connectivity index (χ0) is 13.6. The van der Waals surface area contributed by atoms with Crippen LogP contribution in [0, 0.1) is 6.88 Å². The highest BCUT2D eigenvalue weighted by Gasteiger charge is 2.52. The van der Waals surface area contributed by atoms with E-state index in [0.29, 0.717) is 11.2 Å². The summed E-state index contributed by atoms with van der Waals surface area (Å²) in [6, 6.07) is 3.37. The van der Waals surface area contributed by atoms with Crippen molar-refractivity contribution >= 4 is 12.7 Å². The highest BCUT2D eigenvalue weighted by atomic mass is 16.7. The molecule has 1 fully saturated rings. The second kappa shape index (κ2) is 3.57. The Labute approximate surface area is 100 Å². The summed E-state index contributed by atoms with van der Waals surface area (Å²) in [6.07, 6.45) is 1.59. The molecular weight excluding hydrogens is 201 g/mol. The number of hydrogen-bond donors (Lipinski definition) is 0. The molecule has 2 heterocycles. The van der Waals surface area contributed by atoms with Crippen LogP contribution in [0.15, 0.2) is 18.3 Å². The summed E-state index contributed by atoms with van der Waals surface area (Å²) in [7, 11) is -0.534. The van der Waals surface area contributed by atoms with Gasteiger partial charge in [0.05, 0.1) is 16.8 Å². The average Bonchev–Trinajstić information content (AvgIpc) is 2.48. The first-order chi connectivity index (χ1) is 8.23. The summed E-state index contributed by atoms with van der Waals surface area (Å²) in [4.78, 5) is 4.22. The number of rotatable bonds is 1. The van der Waals surface area contributed by atoms with Crippen LogP contribution in [0.25, 0.3) is 0 Å². The zero-order valence-electron chi connectivity index (χ0n) is 12.2. The van der Waals surface area contributed by atoms with Gasteiger partial charge in [0.1, 0.15) is 0 Å². The van der Waals surface area contributed by atoms with Gasteiger partial charge in [-0.1, -0.05) is 0 Å². The predicted octanol–water partition coefficient (Wildman–Crippen LogP) is 1.69. The van der Waals surface area contributed by atoms with Crippen molar-refractivity contribution in [2.24, 2.45) is 0 Å². The van der Waals surface area contributed by atoms with Gasteiger partial charge in [-0.05, 0) is 52.3 Å². The van der Waals surface area contributed by atoms with Crippen LogP contribution in [0.1, 0.15) is 36.0 Å². The van der Waals surface area contributed by atoms with Crippen LogP contribution in [0.3, 0.4) is 0 Å². The maximum atomic E-state index is 7.40. The van der Waals surface area contributed by atoms with E-state index in [1.165, 1.54) is 0 Å². The first kappa shape index (κ1) is 9.19. The fraction of sp³-hybridized carbons (Fsp3) is 0.583. The Kier molecular flexibility index (Phi) is 2.05. The number of aryl methyl sites for hydroxylation is 1. The van der Waals surface area contributed by atoms with Gasteiger partial charge >= 0.3 is 7.12 Å². The maximum Gasteiger partial charge on any atom is 0.514 e. The molecule has 0 saturated carbocycles. The molecule has 0 aliphatic carbocycles. The topological polar surface area (TPSA) is 31.4 Å². The Morgan fingerprint density at radius 2 is 1.88 bits per heavy atom. The van der Waals surface area contributed by atoms with Gasteiger partial charge in [-0.2, -0.15) is 0 Å². The molecule has 3 nitrogen and oxygen atoms in total. The lowest BCUT2D eigenvalue weighted by molar-refractivity contribution is 0.00578. The molecule has 0 unspecified atom stereocenters. The number of nitrogens with zero attached hydrogens (tertiary/aromatic N) is 1. The Bertz CT molecular complexity index is 435. The van der Waals surface area contributed by atoms with Crippen molar-refractivity contribution < 1.29 is 12.1 Å². The first-order valence-corrected chi connectivity index (χ1v) is 5.39. The molecule has 2 rings (SSSR count). The summed E-state index contributed by atoms with van der Waals surface area (Å²) < 4.78 is 26.6. The molecule has 1 saturated heterocycles. The Balaban J connectivity index is 2.27. The SMILES string of the molecule is [2H]C([2H])c1ccnc(B2OC(C)(C)C(C)(C)O2)c1. The van der Waals surface area contributed by atoms with Gasteiger partial charge in [0, 0.05) is 8.94 Å². The van der Waals surface area contributed by atoms with Gasteiger partial charge in [-0.25, -0.2) is 0 Å². The lowest BCUT2D eigenvalue weighted by atomic mass is 9.83. The molecule has 0 atom stereocenters. The molecule has 86 valence electrons. The average molecular weight is 221 g/mol. The molecule has 0 bridgehead atoms. The van der Waals surface area contributed by atoms with Gasteiger partial charge < -0.3 is 9.31 Å². The third-order valence-electron chi connectivity index (χ3n) is 3.30. The summed E-state index contributed by atoms with van der Waals surface area (Å²) in [5, 5.41) is 0. The highest BCUT2D eigenvalue weighted by Crippen LogP contribution is 2.36. The second-order valence-electron chi connectivity index (χ2n) is 5.10. The third kappa shape index (κ3) is 1.87. The monoisotopic (exact) mass is 221 g/mol. The number of aromatic nitrogens is 1. The Hall–Kier alpha value is -0.865.